The summed E-state index contributed by atoms with van der Waals surface area (Å²) in [6.07, 6.45) is 0. The van der Waals surface area contributed by atoms with Gasteiger partial charge in [0.25, 0.3) is 0 Å². The molecule has 5 nitrogen and oxygen atoms in total. The summed E-state index contributed by atoms with van der Waals surface area (Å²) in [5, 5.41) is 0.0349. The number of benzene rings is 1. The predicted octanol–water partition coefficient (Wildman–Crippen LogP) is 2.88. The van der Waals surface area contributed by atoms with Gasteiger partial charge in [0.05, 0.1) is 7.11 Å². The van der Waals surface area contributed by atoms with Crippen LogP contribution in [-0.4, -0.2) is 22.1 Å². The molecule has 2 rings (SSSR count). The van der Waals surface area contributed by atoms with Crippen molar-refractivity contribution in [1.82, 2.24) is 15.0 Å². The summed E-state index contributed by atoms with van der Waals surface area (Å²) in [6.45, 7) is 0.344. The van der Waals surface area contributed by atoms with Crippen molar-refractivity contribution in [3.8, 4) is 12.0 Å². The molecule has 1 aromatic carbocycles. The molecule has 7 heteroatoms. The summed E-state index contributed by atoms with van der Waals surface area (Å²) in [5.41, 5.74) is 0.994. The molecule has 0 spiro atoms. The summed E-state index contributed by atoms with van der Waals surface area (Å²) in [7, 11) is 1.45. The highest BCUT2D eigenvalue weighted by Crippen LogP contribution is 2.15. The smallest absolute Gasteiger partial charge is 0.324 e. The highest BCUT2D eigenvalue weighted by Gasteiger charge is 2.06. The lowest BCUT2D eigenvalue weighted by Gasteiger charge is -2.05. The number of hydrogen-bond donors (Lipinski definition) is 0. The number of halogens is 2. The van der Waals surface area contributed by atoms with Crippen LogP contribution in [0.5, 0.6) is 12.0 Å². The van der Waals surface area contributed by atoms with E-state index in [2.05, 4.69) is 30.9 Å². The first-order chi connectivity index (χ1) is 8.67. The van der Waals surface area contributed by atoms with E-state index in [-0.39, 0.29) is 17.3 Å². The van der Waals surface area contributed by atoms with Crippen LogP contribution >= 0.6 is 27.5 Å². The van der Waals surface area contributed by atoms with Crippen LogP contribution in [0.15, 0.2) is 28.7 Å². The zero-order valence-electron chi connectivity index (χ0n) is 9.43. The van der Waals surface area contributed by atoms with Gasteiger partial charge < -0.3 is 9.47 Å². The number of aromatic nitrogens is 3. The lowest BCUT2D eigenvalue weighted by molar-refractivity contribution is 0.270. The Morgan fingerprint density at radius 3 is 2.44 bits per heavy atom. The van der Waals surface area contributed by atoms with Gasteiger partial charge in [0.15, 0.2) is 0 Å². The monoisotopic (exact) mass is 329 g/mol. The van der Waals surface area contributed by atoms with E-state index >= 15 is 0 Å². The topological polar surface area (TPSA) is 57.1 Å². The van der Waals surface area contributed by atoms with Crippen molar-refractivity contribution in [3.63, 3.8) is 0 Å². The van der Waals surface area contributed by atoms with Gasteiger partial charge in [-0.15, -0.1) is 4.98 Å². The standard InChI is InChI=1S/C11H9BrClN3O2/c1-17-10-14-9(13)15-11(16-10)18-6-7-2-4-8(12)5-3-7/h2-5H,6H2,1H3. The van der Waals surface area contributed by atoms with Gasteiger partial charge in [0.1, 0.15) is 6.61 Å². The van der Waals surface area contributed by atoms with E-state index in [1.807, 2.05) is 24.3 Å². The molecule has 18 heavy (non-hydrogen) atoms. The van der Waals surface area contributed by atoms with Gasteiger partial charge >= 0.3 is 12.0 Å². The molecule has 0 unspecified atom stereocenters. The van der Waals surface area contributed by atoms with Crippen LogP contribution < -0.4 is 9.47 Å². The minimum atomic E-state index is 0.0349. The first-order valence-electron chi connectivity index (χ1n) is 5.00. The Labute approximate surface area is 117 Å². The molecule has 0 aliphatic carbocycles. The molecule has 1 heterocycles. The molecule has 0 fully saturated rings. The van der Waals surface area contributed by atoms with E-state index in [1.54, 1.807) is 0 Å². The molecule has 94 valence electrons. The van der Waals surface area contributed by atoms with Crippen LogP contribution in [0.1, 0.15) is 5.56 Å². The first kappa shape index (κ1) is 13.0. The summed E-state index contributed by atoms with van der Waals surface area (Å²) in [5.74, 6) is 0. The highest BCUT2D eigenvalue weighted by atomic mass is 79.9. The predicted molar refractivity (Wildman–Crippen MR) is 69.9 cm³/mol. The van der Waals surface area contributed by atoms with Gasteiger partial charge in [-0.2, -0.15) is 9.97 Å². The molecule has 1 aromatic heterocycles. The molecule has 2 aromatic rings. The molecule has 0 saturated heterocycles. The second-order valence-electron chi connectivity index (χ2n) is 3.29. The molecule has 0 radical (unpaired) electrons. The third kappa shape index (κ3) is 3.54. The molecule has 0 aliphatic rings. The summed E-state index contributed by atoms with van der Waals surface area (Å²) in [4.78, 5) is 11.5. The van der Waals surface area contributed by atoms with Crippen LogP contribution in [-0.2, 0) is 6.61 Å². The average Bonchev–Trinajstić information content (AvgIpc) is 2.37. The van der Waals surface area contributed by atoms with Gasteiger partial charge in [-0.1, -0.05) is 28.1 Å². The Hall–Kier alpha value is -1.40. The van der Waals surface area contributed by atoms with E-state index in [0.29, 0.717) is 6.61 Å². The normalized spacial score (nSPS) is 10.2. The van der Waals surface area contributed by atoms with Gasteiger partial charge in [-0.3, -0.25) is 0 Å². The average molecular weight is 331 g/mol. The summed E-state index contributed by atoms with van der Waals surface area (Å²) < 4.78 is 11.3. The van der Waals surface area contributed by atoms with Crippen LogP contribution in [0.4, 0.5) is 0 Å². The lowest BCUT2D eigenvalue weighted by atomic mass is 10.2. The highest BCUT2D eigenvalue weighted by molar-refractivity contribution is 9.10. The second-order valence-corrected chi connectivity index (χ2v) is 4.54. The van der Waals surface area contributed by atoms with Crippen molar-refractivity contribution in [2.24, 2.45) is 0 Å². The fourth-order valence-electron chi connectivity index (χ4n) is 1.20. The molecule has 0 atom stereocenters. The Morgan fingerprint density at radius 2 is 1.78 bits per heavy atom. The lowest BCUT2D eigenvalue weighted by Crippen LogP contribution is -2.02. The maximum atomic E-state index is 5.70. The van der Waals surface area contributed by atoms with Gasteiger partial charge in [-0.05, 0) is 29.3 Å². The number of ether oxygens (including phenoxy) is 2. The quantitative estimate of drug-likeness (QED) is 0.863. The zero-order chi connectivity index (χ0) is 13.0. The Morgan fingerprint density at radius 1 is 1.11 bits per heavy atom. The number of hydrogen-bond acceptors (Lipinski definition) is 5. The van der Waals surface area contributed by atoms with Gasteiger partial charge in [0, 0.05) is 4.47 Å². The number of nitrogens with zero attached hydrogens (tertiary/aromatic N) is 3. The third-order valence-corrected chi connectivity index (χ3v) is 2.73. The Bertz CT molecular complexity index is 536. The summed E-state index contributed by atoms with van der Waals surface area (Å²) >= 11 is 9.06. The molecule has 0 saturated carbocycles. The minimum absolute atomic E-state index is 0.0349. The van der Waals surface area contributed by atoms with E-state index in [9.17, 15) is 0 Å². The Kier molecular flexibility index (Phi) is 4.33. The van der Waals surface area contributed by atoms with Crippen LogP contribution in [0, 0.1) is 0 Å². The van der Waals surface area contributed by atoms with Crippen LogP contribution in [0.2, 0.25) is 5.28 Å². The maximum absolute atomic E-state index is 5.70. The van der Waals surface area contributed by atoms with Crippen molar-refractivity contribution in [2.75, 3.05) is 7.11 Å². The zero-order valence-corrected chi connectivity index (χ0v) is 11.8. The van der Waals surface area contributed by atoms with Gasteiger partial charge in [0.2, 0.25) is 5.28 Å². The van der Waals surface area contributed by atoms with Crippen LogP contribution in [0.25, 0.3) is 0 Å². The largest absolute Gasteiger partial charge is 0.467 e. The van der Waals surface area contributed by atoms with E-state index in [4.69, 9.17) is 21.1 Å². The van der Waals surface area contributed by atoms with Crippen LogP contribution in [0.3, 0.4) is 0 Å². The van der Waals surface area contributed by atoms with Crippen molar-refractivity contribution < 1.29 is 9.47 Å². The molecule has 0 amide bonds. The number of methoxy groups -OCH3 is 1. The fraction of sp³-hybridized carbons (Fsp3) is 0.182. The van der Waals surface area contributed by atoms with Crippen molar-refractivity contribution >= 4 is 27.5 Å². The fourth-order valence-corrected chi connectivity index (χ4v) is 1.61. The first-order valence-corrected chi connectivity index (χ1v) is 6.17. The molecular weight excluding hydrogens is 321 g/mol. The van der Waals surface area contributed by atoms with Crippen molar-refractivity contribution in [3.05, 3.63) is 39.6 Å². The molecule has 0 aliphatic heterocycles. The summed E-state index contributed by atoms with van der Waals surface area (Å²) in [6, 6.07) is 7.99. The number of rotatable bonds is 4. The third-order valence-electron chi connectivity index (χ3n) is 2.03. The van der Waals surface area contributed by atoms with Crippen molar-refractivity contribution in [1.29, 1.82) is 0 Å². The molecule has 0 bridgehead atoms. The SMILES string of the molecule is COc1nc(Cl)nc(OCc2ccc(Br)cc2)n1. The minimum Gasteiger partial charge on any atom is -0.467 e. The molecule has 0 N–H and O–H groups in total. The van der Waals surface area contributed by atoms with E-state index in [0.717, 1.165) is 10.0 Å². The molecular formula is C11H9BrClN3O2. The Balaban J connectivity index is 2.05. The maximum Gasteiger partial charge on any atom is 0.324 e. The van der Waals surface area contributed by atoms with E-state index < -0.39 is 0 Å². The van der Waals surface area contributed by atoms with Crippen molar-refractivity contribution in [2.45, 2.75) is 6.61 Å². The van der Waals surface area contributed by atoms with Gasteiger partial charge in [-0.25, -0.2) is 0 Å². The van der Waals surface area contributed by atoms with E-state index in [1.165, 1.54) is 7.11 Å². The second kappa shape index (κ2) is 5.97.